The van der Waals surface area contributed by atoms with E-state index in [0.29, 0.717) is 16.6 Å². The SMILES string of the molecule is N[C@H]1CC[C@H](Nc2c(C(=O)C3CC3)cnc3ccc(-c4ccc(O)c(Cl)c4)cc23)CC1. The van der Waals surface area contributed by atoms with Crippen LogP contribution in [0.2, 0.25) is 5.02 Å². The van der Waals surface area contributed by atoms with Gasteiger partial charge in [-0.05, 0) is 73.9 Å². The minimum atomic E-state index is 0.0584. The summed E-state index contributed by atoms with van der Waals surface area (Å²) >= 11 is 6.13. The van der Waals surface area contributed by atoms with Gasteiger partial charge >= 0.3 is 0 Å². The highest BCUT2D eigenvalue weighted by molar-refractivity contribution is 6.32. The number of hydrogen-bond donors (Lipinski definition) is 3. The molecule has 2 aliphatic carbocycles. The molecule has 0 spiro atoms. The zero-order chi connectivity index (χ0) is 21.5. The molecule has 0 amide bonds. The summed E-state index contributed by atoms with van der Waals surface area (Å²) in [6, 6.07) is 11.8. The summed E-state index contributed by atoms with van der Waals surface area (Å²) < 4.78 is 0. The van der Waals surface area contributed by atoms with Crippen LogP contribution >= 0.6 is 11.6 Å². The lowest BCUT2D eigenvalue weighted by Crippen LogP contribution is -2.33. The summed E-state index contributed by atoms with van der Waals surface area (Å²) in [4.78, 5) is 17.7. The molecule has 3 aromatic rings. The van der Waals surface area contributed by atoms with Crippen molar-refractivity contribution in [1.29, 1.82) is 0 Å². The normalized spacial score (nSPS) is 21.2. The second-order valence-electron chi connectivity index (χ2n) is 8.84. The van der Waals surface area contributed by atoms with Crippen molar-refractivity contribution in [3.8, 4) is 16.9 Å². The van der Waals surface area contributed by atoms with E-state index in [2.05, 4.69) is 16.4 Å². The molecule has 160 valence electrons. The maximum absolute atomic E-state index is 13.1. The van der Waals surface area contributed by atoms with Crippen LogP contribution in [-0.2, 0) is 0 Å². The molecule has 2 aromatic carbocycles. The van der Waals surface area contributed by atoms with Crippen LogP contribution in [0.5, 0.6) is 5.75 Å². The second-order valence-corrected chi connectivity index (χ2v) is 9.25. The summed E-state index contributed by atoms with van der Waals surface area (Å²) in [6.45, 7) is 0. The number of rotatable bonds is 5. The average Bonchev–Trinajstić information content (AvgIpc) is 3.62. The minimum Gasteiger partial charge on any atom is -0.506 e. The van der Waals surface area contributed by atoms with Gasteiger partial charge in [0.05, 0.1) is 21.8 Å². The van der Waals surface area contributed by atoms with Crippen LogP contribution in [0, 0.1) is 5.92 Å². The van der Waals surface area contributed by atoms with Crippen LogP contribution in [0.25, 0.3) is 22.0 Å². The number of carbonyl (C=O) groups is 1. The zero-order valence-corrected chi connectivity index (χ0v) is 18.0. The fourth-order valence-corrected chi connectivity index (χ4v) is 4.61. The first-order chi connectivity index (χ1) is 15.0. The van der Waals surface area contributed by atoms with Crippen LogP contribution in [0.4, 0.5) is 5.69 Å². The van der Waals surface area contributed by atoms with E-state index < -0.39 is 0 Å². The third-order valence-electron chi connectivity index (χ3n) is 6.48. The molecule has 2 fully saturated rings. The van der Waals surface area contributed by atoms with Crippen molar-refractivity contribution in [1.82, 2.24) is 4.98 Å². The van der Waals surface area contributed by atoms with Gasteiger partial charge in [0.15, 0.2) is 5.78 Å². The number of pyridine rings is 1. The van der Waals surface area contributed by atoms with Gasteiger partial charge < -0.3 is 16.2 Å². The summed E-state index contributed by atoms with van der Waals surface area (Å²) in [6.07, 6.45) is 7.62. The number of ketones is 1. The first-order valence-electron chi connectivity index (χ1n) is 11.0. The predicted molar refractivity (Wildman–Crippen MR) is 125 cm³/mol. The maximum atomic E-state index is 13.1. The molecular formula is C25H26ClN3O2. The molecule has 0 bridgehead atoms. The number of Topliss-reactive ketones (excluding diaryl/α,β-unsaturated/α-hetero) is 1. The van der Waals surface area contributed by atoms with Crippen LogP contribution in [0.1, 0.15) is 48.9 Å². The van der Waals surface area contributed by atoms with Crippen LogP contribution in [0.15, 0.2) is 42.6 Å². The van der Waals surface area contributed by atoms with Crippen molar-refractivity contribution in [3.05, 3.63) is 53.2 Å². The topological polar surface area (TPSA) is 88.2 Å². The number of aromatic hydroxyl groups is 1. The molecule has 0 aliphatic heterocycles. The Hall–Kier alpha value is -2.63. The first-order valence-corrected chi connectivity index (χ1v) is 11.4. The standard InChI is InChI=1S/C25H26ClN3O2/c26-21-12-16(4-10-23(21)30)15-3-9-22-19(11-15)24(29-18-7-5-17(27)6-8-18)20(13-28-22)25(31)14-1-2-14/h3-4,9-14,17-18,30H,1-2,5-8,27H2,(H,28,29)/t17-,18-. The lowest BCUT2D eigenvalue weighted by atomic mass is 9.91. The molecule has 0 saturated heterocycles. The number of halogens is 1. The van der Waals surface area contributed by atoms with Crippen LogP contribution in [-0.4, -0.2) is 28.0 Å². The summed E-state index contributed by atoms with van der Waals surface area (Å²) in [5, 5.41) is 14.7. The molecule has 5 nitrogen and oxygen atoms in total. The van der Waals surface area contributed by atoms with Crippen molar-refractivity contribution in [2.24, 2.45) is 11.7 Å². The largest absolute Gasteiger partial charge is 0.506 e. The third kappa shape index (κ3) is 4.12. The van der Waals surface area contributed by atoms with E-state index >= 15 is 0 Å². The molecule has 2 aliphatic rings. The smallest absolute Gasteiger partial charge is 0.169 e. The number of hydrogen-bond acceptors (Lipinski definition) is 5. The summed E-state index contributed by atoms with van der Waals surface area (Å²) in [7, 11) is 0. The number of aromatic nitrogens is 1. The number of nitrogens with two attached hydrogens (primary N) is 1. The van der Waals surface area contributed by atoms with Crippen LogP contribution in [0.3, 0.4) is 0 Å². The van der Waals surface area contributed by atoms with Gasteiger partial charge in [-0.25, -0.2) is 0 Å². The van der Waals surface area contributed by atoms with Gasteiger partial charge in [-0.2, -0.15) is 0 Å². The molecule has 1 aromatic heterocycles. The fraction of sp³-hybridized carbons (Fsp3) is 0.360. The van der Waals surface area contributed by atoms with E-state index in [1.807, 2.05) is 18.2 Å². The minimum absolute atomic E-state index is 0.0584. The molecule has 0 radical (unpaired) electrons. The summed E-state index contributed by atoms with van der Waals surface area (Å²) in [5.41, 5.74) is 10.4. The van der Waals surface area contributed by atoms with Gasteiger partial charge in [-0.3, -0.25) is 9.78 Å². The second kappa shape index (κ2) is 8.13. The number of benzene rings is 2. The third-order valence-corrected chi connectivity index (χ3v) is 6.79. The van der Waals surface area contributed by atoms with Crippen LogP contribution < -0.4 is 11.1 Å². The number of phenolic OH excluding ortho intramolecular Hbond substituents is 1. The van der Waals surface area contributed by atoms with Gasteiger partial charge in [0, 0.05) is 29.6 Å². The van der Waals surface area contributed by atoms with E-state index in [9.17, 15) is 9.90 Å². The average molecular weight is 436 g/mol. The van der Waals surface area contributed by atoms with Gasteiger partial charge in [0.2, 0.25) is 0 Å². The van der Waals surface area contributed by atoms with Gasteiger partial charge in [0.1, 0.15) is 5.75 Å². The molecule has 4 N–H and O–H groups in total. The monoisotopic (exact) mass is 435 g/mol. The lowest BCUT2D eigenvalue weighted by Gasteiger charge is -2.29. The molecular weight excluding hydrogens is 410 g/mol. The molecule has 31 heavy (non-hydrogen) atoms. The van der Waals surface area contributed by atoms with Crippen molar-refractivity contribution in [3.63, 3.8) is 0 Å². The lowest BCUT2D eigenvalue weighted by molar-refractivity contribution is 0.0968. The molecule has 6 heteroatoms. The van der Waals surface area contributed by atoms with Crippen molar-refractivity contribution >= 4 is 34.0 Å². The van der Waals surface area contributed by atoms with E-state index in [-0.39, 0.29) is 23.5 Å². The maximum Gasteiger partial charge on any atom is 0.169 e. The number of anilines is 1. The number of fused-ring (bicyclic) bond motifs is 1. The Morgan fingerprint density at radius 1 is 1.03 bits per heavy atom. The quantitative estimate of drug-likeness (QED) is 0.458. The zero-order valence-electron chi connectivity index (χ0n) is 17.3. The van der Waals surface area contributed by atoms with E-state index in [4.69, 9.17) is 17.3 Å². The highest BCUT2D eigenvalue weighted by atomic mass is 35.5. The first kappa shape index (κ1) is 20.3. The molecule has 0 unspecified atom stereocenters. The Morgan fingerprint density at radius 2 is 1.74 bits per heavy atom. The number of nitrogens with one attached hydrogen (secondary N) is 1. The van der Waals surface area contributed by atoms with Gasteiger partial charge in [-0.15, -0.1) is 0 Å². The number of phenols is 1. The number of carbonyl (C=O) groups excluding carboxylic acids is 1. The van der Waals surface area contributed by atoms with E-state index in [1.165, 1.54) is 0 Å². The molecule has 1 heterocycles. The Morgan fingerprint density at radius 3 is 2.45 bits per heavy atom. The summed E-state index contributed by atoms with van der Waals surface area (Å²) in [5.74, 6) is 0.365. The van der Waals surface area contributed by atoms with Crippen molar-refractivity contribution in [2.45, 2.75) is 50.6 Å². The highest BCUT2D eigenvalue weighted by Crippen LogP contribution is 2.39. The fourth-order valence-electron chi connectivity index (χ4n) is 4.43. The Bertz CT molecular complexity index is 1150. The molecule has 5 rings (SSSR count). The highest BCUT2D eigenvalue weighted by Gasteiger charge is 2.33. The van der Waals surface area contributed by atoms with Gasteiger partial charge in [0.25, 0.3) is 0 Å². The van der Waals surface area contributed by atoms with Crippen molar-refractivity contribution in [2.75, 3.05) is 5.32 Å². The molecule has 2 saturated carbocycles. The van der Waals surface area contributed by atoms with E-state index in [1.54, 1.807) is 18.3 Å². The molecule has 0 atom stereocenters. The number of nitrogens with zero attached hydrogens (tertiary/aromatic N) is 1. The Kier molecular flexibility index (Phi) is 5.32. The van der Waals surface area contributed by atoms with E-state index in [0.717, 1.165) is 66.2 Å². The Balaban J connectivity index is 1.60. The van der Waals surface area contributed by atoms with Crippen molar-refractivity contribution < 1.29 is 9.90 Å². The predicted octanol–water partition coefficient (Wildman–Crippen LogP) is 5.54. The van der Waals surface area contributed by atoms with Gasteiger partial charge in [-0.1, -0.05) is 23.7 Å². The Labute approximate surface area is 186 Å².